The highest BCUT2D eigenvalue weighted by molar-refractivity contribution is 5.96. The standard InChI is InChI=1S/C20H17FN6O2/c1-10-14-6-12(21)3-4-13(14)20(28)25-9-15-18(16(7-22)27(2)26-15)11-5-17(29-10)19(23)24-8-11/h3-6,8,10H,9H2,1-2H3,(H2,23,24)(H,25,28). The van der Waals surface area contributed by atoms with Gasteiger partial charge in [0.2, 0.25) is 0 Å². The molecule has 0 saturated carbocycles. The number of ether oxygens (including phenoxy) is 1. The van der Waals surface area contributed by atoms with E-state index in [1.807, 2.05) is 0 Å². The van der Waals surface area contributed by atoms with Crippen LogP contribution >= 0.6 is 0 Å². The number of hydrogen-bond acceptors (Lipinski definition) is 6. The number of nitrogens with one attached hydrogen (secondary N) is 1. The molecule has 4 rings (SSSR count). The van der Waals surface area contributed by atoms with Crippen LogP contribution in [0.1, 0.15) is 40.3 Å². The quantitative estimate of drug-likeness (QED) is 0.607. The lowest BCUT2D eigenvalue weighted by Crippen LogP contribution is -2.26. The minimum Gasteiger partial charge on any atom is -0.482 e. The zero-order valence-corrected chi connectivity index (χ0v) is 15.7. The number of nitriles is 1. The van der Waals surface area contributed by atoms with E-state index in [2.05, 4.69) is 21.5 Å². The maximum absolute atomic E-state index is 13.9. The van der Waals surface area contributed by atoms with Crippen molar-refractivity contribution in [3.05, 3.63) is 58.8 Å². The number of nitrogens with zero attached hydrogens (tertiary/aromatic N) is 4. The Balaban J connectivity index is 1.94. The van der Waals surface area contributed by atoms with Gasteiger partial charge in [0.05, 0.1) is 12.2 Å². The minimum absolute atomic E-state index is 0.0788. The number of amides is 1. The van der Waals surface area contributed by atoms with Crippen LogP contribution in [0, 0.1) is 17.1 Å². The highest BCUT2D eigenvalue weighted by Gasteiger charge is 2.24. The van der Waals surface area contributed by atoms with Crippen molar-refractivity contribution in [2.45, 2.75) is 19.6 Å². The van der Waals surface area contributed by atoms with Crippen LogP contribution in [-0.4, -0.2) is 20.7 Å². The summed E-state index contributed by atoms with van der Waals surface area (Å²) in [5.74, 6) is -0.473. The topological polar surface area (TPSA) is 119 Å². The van der Waals surface area contributed by atoms with Crippen LogP contribution in [0.15, 0.2) is 30.5 Å². The van der Waals surface area contributed by atoms with Gasteiger partial charge in [0.25, 0.3) is 5.91 Å². The van der Waals surface area contributed by atoms with Crippen LogP contribution < -0.4 is 15.8 Å². The molecule has 3 heterocycles. The van der Waals surface area contributed by atoms with Gasteiger partial charge in [-0.2, -0.15) is 10.4 Å². The van der Waals surface area contributed by atoms with E-state index < -0.39 is 17.8 Å². The van der Waals surface area contributed by atoms with E-state index >= 15 is 0 Å². The van der Waals surface area contributed by atoms with E-state index in [0.717, 1.165) is 0 Å². The number of hydrogen-bond donors (Lipinski definition) is 2. The summed E-state index contributed by atoms with van der Waals surface area (Å²) in [5, 5.41) is 16.7. The van der Waals surface area contributed by atoms with Crippen molar-refractivity contribution < 1.29 is 13.9 Å². The number of fused-ring (bicyclic) bond motifs is 5. The van der Waals surface area contributed by atoms with Gasteiger partial charge < -0.3 is 15.8 Å². The minimum atomic E-state index is -0.672. The van der Waals surface area contributed by atoms with Crippen molar-refractivity contribution in [1.82, 2.24) is 20.1 Å². The van der Waals surface area contributed by atoms with Crippen molar-refractivity contribution in [1.29, 1.82) is 5.26 Å². The van der Waals surface area contributed by atoms with Gasteiger partial charge in [0.1, 0.15) is 23.7 Å². The monoisotopic (exact) mass is 392 g/mol. The van der Waals surface area contributed by atoms with Gasteiger partial charge in [0.15, 0.2) is 11.6 Å². The van der Waals surface area contributed by atoms with E-state index in [1.54, 1.807) is 20.0 Å². The fourth-order valence-corrected chi connectivity index (χ4v) is 3.41. The number of aryl methyl sites for hydroxylation is 1. The second-order valence-electron chi connectivity index (χ2n) is 6.69. The summed E-state index contributed by atoms with van der Waals surface area (Å²) >= 11 is 0. The summed E-state index contributed by atoms with van der Waals surface area (Å²) in [7, 11) is 1.65. The Morgan fingerprint density at radius 1 is 1.41 bits per heavy atom. The number of pyridine rings is 1. The lowest BCUT2D eigenvalue weighted by atomic mass is 10.0. The van der Waals surface area contributed by atoms with Crippen LogP contribution in [0.4, 0.5) is 10.2 Å². The summed E-state index contributed by atoms with van der Waals surface area (Å²) in [6.45, 7) is 1.77. The summed E-state index contributed by atoms with van der Waals surface area (Å²) in [4.78, 5) is 17.0. The number of nitrogen functional groups attached to an aromatic ring is 1. The van der Waals surface area contributed by atoms with Gasteiger partial charge >= 0.3 is 0 Å². The molecule has 146 valence electrons. The first kappa shape index (κ1) is 18.4. The van der Waals surface area contributed by atoms with Gasteiger partial charge in [-0.15, -0.1) is 0 Å². The molecule has 3 aromatic rings. The number of halogens is 1. The van der Waals surface area contributed by atoms with Crippen molar-refractivity contribution >= 4 is 11.7 Å². The number of nitrogens with two attached hydrogens (primary N) is 1. The van der Waals surface area contributed by atoms with E-state index in [0.29, 0.717) is 28.1 Å². The third-order valence-electron chi connectivity index (χ3n) is 4.81. The van der Waals surface area contributed by atoms with E-state index in [9.17, 15) is 14.4 Å². The van der Waals surface area contributed by atoms with Crippen LogP contribution in [0.5, 0.6) is 5.75 Å². The first-order valence-electron chi connectivity index (χ1n) is 8.85. The average Bonchev–Trinajstić information content (AvgIpc) is 3.02. The number of aromatic nitrogens is 3. The molecule has 1 aliphatic rings. The summed E-state index contributed by atoms with van der Waals surface area (Å²) < 4.78 is 21.2. The molecular formula is C20H17FN6O2. The van der Waals surface area contributed by atoms with Crippen LogP contribution in [0.3, 0.4) is 0 Å². The van der Waals surface area contributed by atoms with Crippen LogP contribution in [-0.2, 0) is 13.6 Å². The third-order valence-corrected chi connectivity index (χ3v) is 4.81. The Bertz CT molecular complexity index is 1180. The zero-order chi connectivity index (χ0) is 20.7. The Morgan fingerprint density at radius 3 is 2.97 bits per heavy atom. The van der Waals surface area contributed by atoms with E-state index in [1.165, 1.54) is 29.1 Å². The van der Waals surface area contributed by atoms with E-state index in [-0.39, 0.29) is 23.7 Å². The Kier molecular flexibility index (Phi) is 4.39. The Labute approximate surface area is 165 Å². The molecule has 1 atom stereocenters. The van der Waals surface area contributed by atoms with Crippen LogP contribution in [0.2, 0.25) is 0 Å². The number of carbonyl (C=O) groups excluding carboxylic acids is 1. The molecule has 3 N–H and O–H groups in total. The second-order valence-corrected chi connectivity index (χ2v) is 6.69. The van der Waals surface area contributed by atoms with Crippen molar-refractivity contribution in [3.63, 3.8) is 0 Å². The highest BCUT2D eigenvalue weighted by atomic mass is 19.1. The fraction of sp³-hybridized carbons (Fsp3) is 0.200. The second kappa shape index (κ2) is 6.91. The summed E-state index contributed by atoms with van der Waals surface area (Å²) in [6.07, 6.45) is 0.851. The van der Waals surface area contributed by atoms with Crippen molar-refractivity contribution in [3.8, 4) is 22.9 Å². The molecule has 1 unspecified atom stereocenters. The maximum Gasteiger partial charge on any atom is 0.252 e. The molecule has 0 fully saturated rings. The van der Waals surface area contributed by atoms with Gasteiger partial charge in [-0.1, -0.05) is 0 Å². The first-order valence-corrected chi connectivity index (χ1v) is 8.85. The third kappa shape index (κ3) is 3.14. The summed E-state index contributed by atoms with van der Waals surface area (Å²) in [5.41, 5.74) is 8.57. The first-order chi connectivity index (χ1) is 13.9. The molecule has 0 spiro atoms. The van der Waals surface area contributed by atoms with E-state index in [4.69, 9.17) is 10.5 Å². The lowest BCUT2D eigenvalue weighted by molar-refractivity contribution is 0.0945. The van der Waals surface area contributed by atoms with Gasteiger partial charge in [-0.25, -0.2) is 9.37 Å². The molecule has 1 amide bonds. The molecule has 1 aliphatic heterocycles. The SMILES string of the molecule is CC1Oc2cc(cnc2N)-c2c(nn(C)c2C#N)CNC(=O)c2ccc(F)cc21. The number of anilines is 1. The molecule has 29 heavy (non-hydrogen) atoms. The molecule has 9 heteroatoms. The fourth-order valence-electron chi connectivity index (χ4n) is 3.41. The highest BCUT2D eigenvalue weighted by Crippen LogP contribution is 2.34. The lowest BCUT2D eigenvalue weighted by Gasteiger charge is -2.20. The summed E-state index contributed by atoms with van der Waals surface area (Å²) in [6, 6.07) is 7.68. The number of carbonyl (C=O) groups is 1. The maximum atomic E-state index is 13.9. The van der Waals surface area contributed by atoms with Crippen molar-refractivity contribution in [2.24, 2.45) is 7.05 Å². The molecule has 1 aromatic carbocycles. The van der Waals surface area contributed by atoms with Gasteiger partial charge in [-0.3, -0.25) is 9.48 Å². The van der Waals surface area contributed by atoms with Gasteiger partial charge in [-0.05, 0) is 31.2 Å². The smallest absolute Gasteiger partial charge is 0.252 e. The normalized spacial score (nSPS) is 15.7. The largest absolute Gasteiger partial charge is 0.482 e. The Morgan fingerprint density at radius 2 is 2.21 bits per heavy atom. The predicted molar refractivity (Wildman–Crippen MR) is 102 cm³/mol. The molecule has 2 aromatic heterocycles. The molecule has 0 aliphatic carbocycles. The predicted octanol–water partition coefficient (Wildman–Crippen LogP) is 2.46. The molecular weight excluding hydrogens is 375 g/mol. The number of rotatable bonds is 0. The number of benzene rings is 1. The van der Waals surface area contributed by atoms with Crippen molar-refractivity contribution in [2.75, 3.05) is 5.73 Å². The average molecular weight is 392 g/mol. The Hall–Kier alpha value is -3.93. The molecule has 8 nitrogen and oxygen atoms in total. The molecule has 2 bridgehead atoms. The molecule has 0 saturated heterocycles. The van der Waals surface area contributed by atoms with Crippen LogP contribution in [0.25, 0.3) is 11.1 Å². The zero-order valence-electron chi connectivity index (χ0n) is 15.7. The molecule has 0 radical (unpaired) electrons. The van der Waals surface area contributed by atoms with Gasteiger partial charge in [0, 0.05) is 35.5 Å².